The summed E-state index contributed by atoms with van der Waals surface area (Å²) in [7, 11) is 0. The topological polar surface area (TPSA) is 3.24 Å². The van der Waals surface area contributed by atoms with Gasteiger partial charge in [0, 0.05) is 4.90 Å². The van der Waals surface area contributed by atoms with Gasteiger partial charge in [0.2, 0.25) is 0 Å². The Balaban J connectivity index is 1.63. The molecule has 0 N–H and O–H groups in total. The van der Waals surface area contributed by atoms with Gasteiger partial charge in [-0.15, -0.1) is 11.3 Å². The van der Waals surface area contributed by atoms with Crippen LogP contribution >= 0.6 is 23.3 Å². The number of fused-ring (bicyclic) bond motifs is 3. The van der Waals surface area contributed by atoms with Crippen LogP contribution in [-0.4, -0.2) is 0 Å². The first-order valence-corrected chi connectivity index (χ1v) is 8.96. The van der Waals surface area contributed by atoms with Gasteiger partial charge in [-0.3, -0.25) is 0 Å². The van der Waals surface area contributed by atoms with Crippen LogP contribution in [-0.2, 0) is 12.7 Å². The van der Waals surface area contributed by atoms with Gasteiger partial charge >= 0.3 is 6.18 Å². The first-order chi connectivity index (χ1) is 11.5. The van der Waals surface area contributed by atoms with E-state index in [4.69, 9.17) is 0 Å². The van der Waals surface area contributed by atoms with Crippen molar-refractivity contribution in [1.29, 1.82) is 0 Å². The molecule has 2 heterocycles. The molecule has 0 aliphatic carbocycles. The number of anilines is 1. The fourth-order valence-electron chi connectivity index (χ4n) is 2.73. The highest BCUT2D eigenvalue weighted by Crippen LogP contribution is 2.46. The smallest absolute Gasteiger partial charge is 0.306 e. The average molecular weight is 363 g/mol. The zero-order chi connectivity index (χ0) is 16.7. The van der Waals surface area contributed by atoms with Crippen molar-refractivity contribution in [3.05, 3.63) is 71.1 Å². The molecule has 0 atom stereocenters. The van der Waals surface area contributed by atoms with E-state index >= 15 is 0 Å². The maximum Gasteiger partial charge on any atom is 0.416 e. The van der Waals surface area contributed by atoms with Crippen molar-refractivity contribution in [2.45, 2.75) is 17.6 Å². The van der Waals surface area contributed by atoms with Crippen molar-refractivity contribution in [2.24, 2.45) is 0 Å². The van der Waals surface area contributed by atoms with Crippen LogP contribution in [0.25, 0.3) is 10.4 Å². The number of benzene rings is 2. The van der Waals surface area contributed by atoms with Gasteiger partial charge in [0.05, 0.1) is 22.7 Å². The fraction of sp³-hybridized carbons (Fsp3) is 0.111. The summed E-state index contributed by atoms with van der Waals surface area (Å²) in [5, 5.41) is 2.05. The summed E-state index contributed by atoms with van der Waals surface area (Å²) in [5.41, 5.74) is 2.97. The Hall–Kier alpha value is -1.92. The Kier molecular flexibility index (Phi) is 3.81. The maximum absolute atomic E-state index is 12.7. The van der Waals surface area contributed by atoms with Gasteiger partial charge < -0.3 is 4.31 Å². The highest BCUT2D eigenvalue weighted by Gasteiger charge is 2.30. The van der Waals surface area contributed by atoms with Crippen molar-refractivity contribution in [1.82, 2.24) is 0 Å². The van der Waals surface area contributed by atoms with E-state index < -0.39 is 11.7 Å². The molecule has 1 aliphatic rings. The lowest BCUT2D eigenvalue weighted by molar-refractivity contribution is -0.137. The molecule has 122 valence electrons. The summed E-state index contributed by atoms with van der Waals surface area (Å²) in [6, 6.07) is 15.6. The van der Waals surface area contributed by atoms with E-state index in [0.29, 0.717) is 0 Å². The predicted octanol–water partition coefficient (Wildman–Crippen LogP) is 6.46. The molecule has 24 heavy (non-hydrogen) atoms. The fourth-order valence-corrected chi connectivity index (χ4v) is 4.72. The molecular weight excluding hydrogens is 351 g/mol. The molecule has 0 saturated heterocycles. The first-order valence-electron chi connectivity index (χ1n) is 7.31. The molecule has 0 bridgehead atoms. The van der Waals surface area contributed by atoms with Gasteiger partial charge in [0.1, 0.15) is 0 Å². The van der Waals surface area contributed by atoms with Crippen LogP contribution in [0, 0.1) is 0 Å². The largest absolute Gasteiger partial charge is 0.416 e. The van der Waals surface area contributed by atoms with E-state index in [1.165, 1.54) is 40.1 Å². The number of nitrogens with zero attached hydrogens (tertiary/aromatic N) is 1. The molecule has 0 fully saturated rings. The van der Waals surface area contributed by atoms with Crippen LogP contribution in [0.1, 0.15) is 11.1 Å². The SMILES string of the molecule is FC(F)(F)c1ccc(SN2Cc3ccccc3-c3sccc32)cc1. The zero-order valence-corrected chi connectivity index (χ0v) is 14.0. The molecular formula is C18H12F3NS2. The quantitative estimate of drug-likeness (QED) is 0.481. The lowest BCUT2D eigenvalue weighted by Gasteiger charge is -2.29. The zero-order valence-electron chi connectivity index (χ0n) is 12.4. The Morgan fingerprint density at radius 3 is 2.46 bits per heavy atom. The lowest BCUT2D eigenvalue weighted by Crippen LogP contribution is -2.18. The Morgan fingerprint density at radius 2 is 1.71 bits per heavy atom. The van der Waals surface area contributed by atoms with E-state index in [9.17, 15) is 13.2 Å². The van der Waals surface area contributed by atoms with Gasteiger partial charge in [0.15, 0.2) is 0 Å². The second-order valence-electron chi connectivity index (χ2n) is 5.44. The summed E-state index contributed by atoms with van der Waals surface area (Å²) in [6.45, 7) is 0.728. The van der Waals surface area contributed by atoms with Gasteiger partial charge in [-0.1, -0.05) is 24.3 Å². The third kappa shape index (κ3) is 2.80. The first kappa shape index (κ1) is 15.6. The molecule has 2 aromatic carbocycles. The minimum absolute atomic E-state index is 0.618. The minimum atomic E-state index is -4.30. The number of thiophene rings is 1. The van der Waals surface area contributed by atoms with E-state index in [1.807, 2.05) is 17.5 Å². The Labute approximate surface area is 145 Å². The molecule has 0 unspecified atom stereocenters. The number of hydrogen-bond acceptors (Lipinski definition) is 3. The molecule has 3 aromatic rings. The number of halogens is 3. The summed E-state index contributed by atoms with van der Waals surface area (Å²) < 4.78 is 40.2. The normalized spacial score (nSPS) is 13.5. The van der Waals surface area contributed by atoms with Crippen LogP contribution < -0.4 is 4.31 Å². The minimum Gasteiger partial charge on any atom is -0.306 e. The third-order valence-electron chi connectivity index (χ3n) is 3.89. The second kappa shape index (κ2) is 5.86. The van der Waals surface area contributed by atoms with Gasteiger partial charge in [-0.2, -0.15) is 13.2 Å². The molecule has 6 heteroatoms. The Bertz CT molecular complexity index is 868. The van der Waals surface area contributed by atoms with E-state index in [0.717, 1.165) is 29.3 Å². The van der Waals surface area contributed by atoms with E-state index in [-0.39, 0.29) is 0 Å². The molecule has 4 rings (SSSR count). The summed E-state index contributed by atoms with van der Waals surface area (Å²) in [5.74, 6) is 0. The molecule has 0 saturated carbocycles. The molecule has 1 nitrogen and oxygen atoms in total. The van der Waals surface area contributed by atoms with Crippen LogP contribution in [0.3, 0.4) is 0 Å². The van der Waals surface area contributed by atoms with Crippen LogP contribution in [0.2, 0.25) is 0 Å². The molecule has 1 aliphatic heterocycles. The average Bonchev–Trinajstić information content (AvgIpc) is 3.05. The number of hydrogen-bond donors (Lipinski definition) is 0. The predicted molar refractivity (Wildman–Crippen MR) is 93.2 cm³/mol. The van der Waals surface area contributed by atoms with Crippen molar-refractivity contribution in [3.63, 3.8) is 0 Å². The molecule has 0 amide bonds. The molecule has 0 radical (unpaired) electrons. The van der Waals surface area contributed by atoms with Crippen molar-refractivity contribution >= 4 is 29.0 Å². The highest BCUT2D eigenvalue weighted by molar-refractivity contribution is 8.00. The monoisotopic (exact) mass is 363 g/mol. The van der Waals surface area contributed by atoms with Gasteiger partial charge in [-0.25, -0.2) is 0 Å². The van der Waals surface area contributed by atoms with E-state index in [1.54, 1.807) is 11.3 Å². The highest BCUT2D eigenvalue weighted by atomic mass is 32.2. The number of rotatable bonds is 2. The van der Waals surface area contributed by atoms with Crippen molar-refractivity contribution in [3.8, 4) is 10.4 Å². The summed E-state index contributed by atoms with van der Waals surface area (Å²) in [4.78, 5) is 2.00. The summed E-state index contributed by atoms with van der Waals surface area (Å²) in [6.07, 6.45) is -4.30. The molecule has 1 aromatic heterocycles. The summed E-state index contributed by atoms with van der Waals surface area (Å²) >= 11 is 3.15. The third-order valence-corrected chi connectivity index (χ3v) is 5.85. The second-order valence-corrected chi connectivity index (χ2v) is 7.45. The standard InChI is InChI=1S/C18H12F3NS2/c19-18(20,21)13-5-7-14(8-6-13)24-22-11-12-3-1-2-4-15(12)17-16(22)9-10-23-17/h1-10H,11H2. The van der Waals surface area contributed by atoms with Gasteiger partial charge in [0.25, 0.3) is 0 Å². The molecule has 0 spiro atoms. The maximum atomic E-state index is 12.7. The van der Waals surface area contributed by atoms with Gasteiger partial charge in [-0.05, 0) is 58.8 Å². The van der Waals surface area contributed by atoms with Crippen LogP contribution in [0.4, 0.5) is 18.9 Å². The number of alkyl halides is 3. The van der Waals surface area contributed by atoms with Crippen molar-refractivity contribution in [2.75, 3.05) is 4.31 Å². The van der Waals surface area contributed by atoms with Crippen LogP contribution in [0.5, 0.6) is 0 Å². The van der Waals surface area contributed by atoms with Crippen molar-refractivity contribution < 1.29 is 13.2 Å². The van der Waals surface area contributed by atoms with Crippen LogP contribution in [0.15, 0.2) is 64.9 Å². The Morgan fingerprint density at radius 1 is 0.958 bits per heavy atom. The van der Waals surface area contributed by atoms with E-state index in [2.05, 4.69) is 22.5 Å². The lowest BCUT2D eigenvalue weighted by atomic mass is 10.0.